The molecule has 0 atom stereocenters. The smallest absolute Gasteiger partial charge is 0.247 e. The van der Waals surface area contributed by atoms with E-state index in [-0.39, 0.29) is 12.5 Å². The highest BCUT2D eigenvalue weighted by molar-refractivity contribution is 5.89. The molecule has 1 amide bonds. The van der Waals surface area contributed by atoms with Gasteiger partial charge in [-0.2, -0.15) is 15.0 Å². The van der Waals surface area contributed by atoms with E-state index in [9.17, 15) is 13.6 Å². The maximum atomic E-state index is 13.2. The van der Waals surface area contributed by atoms with Crippen molar-refractivity contribution in [2.45, 2.75) is 6.54 Å². The highest BCUT2D eigenvalue weighted by Gasteiger charge is 2.10. The lowest BCUT2D eigenvalue weighted by Gasteiger charge is -2.02. The molecule has 9 heteroatoms. The first-order valence-electron chi connectivity index (χ1n) is 6.66. The fourth-order valence-electron chi connectivity index (χ4n) is 1.99. The predicted octanol–water partition coefficient (Wildman–Crippen LogP) is 1.60. The number of nitrogens with zero attached hydrogens (tertiary/aromatic N) is 5. The van der Waals surface area contributed by atoms with Crippen molar-refractivity contribution in [3.8, 4) is 11.3 Å². The van der Waals surface area contributed by atoms with E-state index in [1.165, 1.54) is 21.7 Å². The summed E-state index contributed by atoms with van der Waals surface area (Å²) >= 11 is 0. The first kappa shape index (κ1) is 14.8. The molecule has 0 unspecified atom stereocenters. The second-order valence-corrected chi connectivity index (χ2v) is 4.79. The largest absolute Gasteiger partial charge is 0.306 e. The van der Waals surface area contributed by atoms with Crippen LogP contribution in [-0.4, -0.2) is 30.7 Å². The standard InChI is InChI=1S/C14H12F2N6O/c1-21-17-7-13(20-21)18-14(23)8-22-5-4-12(19-22)9-2-3-10(15)11(16)6-9/h2-7H,8H2,1H3,(H,18,20,23). The molecule has 0 saturated carbocycles. The van der Waals surface area contributed by atoms with Gasteiger partial charge in [-0.05, 0) is 24.3 Å². The zero-order valence-electron chi connectivity index (χ0n) is 12.1. The number of rotatable bonds is 4. The minimum atomic E-state index is -0.947. The molecule has 0 radical (unpaired) electrons. The van der Waals surface area contributed by atoms with Crippen LogP contribution in [-0.2, 0) is 18.4 Å². The molecule has 3 aromatic rings. The van der Waals surface area contributed by atoms with Crippen LogP contribution in [0, 0.1) is 11.6 Å². The Kier molecular flexibility index (Phi) is 3.83. The molecule has 0 aliphatic heterocycles. The van der Waals surface area contributed by atoms with Gasteiger partial charge in [-0.1, -0.05) is 0 Å². The van der Waals surface area contributed by atoms with Crippen LogP contribution >= 0.6 is 0 Å². The van der Waals surface area contributed by atoms with E-state index < -0.39 is 11.6 Å². The number of benzene rings is 1. The molecule has 23 heavy (non-hydrogen) atoms. The molecule has 1 N–H and O–H groups in total. The van der Waals surface area contributed by atoms with Gasteiger partial charge in [0, 0.05) is 18.8 Å². The molecular formula is C14H12F2N6O. The Labute approximate surface area is 129 Å². The van der Waals surface area contributed by atoms with Crippen molar-refractivity contribution in [2.75, 3.05) is 5.32 Å². The SMILES string of the molecule is Cn1ncc(NC(=O)Cn2ccc(-c3ccc(F)c(F)c3)n2)n1. The van der Waals surface area contributed by atoms with Gasteiger partial charge in [-0.25, -0.2) is 8.78 Å². The monoisotopic (exact) mass is 318 g/mol. The number of hydrogen-bond donors (Lipinski definition) is 1. The van der Waals surface area contributed by atoms with Crippen molar-refractivity contribution in [1.82, 2.24) is 24.8 Å². The van der Waals surface area contributed by atoms with E-state index in [4.69, 9.17) is 0 Å². The van der Waals surface area contributed by atoms with E-state index in [0.717, 1.165) is 12.1 Å². The van der Waals surface area contributed by atoms with Gasteiger partial charge in [-0.3, -0.25) is 9.48 Å². The summed E-state index contributed by atoms with van der Waals surface area (Å²) in [5.41, 5.74) is 0.869. The van der Waals surface area contributed by atoms with Crippen LogP contribution in [0.3, 0.4) is 0 Å². The molecular weight excluding hydrogens is 306 g/mol. The van der Waals surface area contributed by atoms with E-state index >= 15 is 0 Å². The predicted molar refractivity (Wildman–Crippen MR) is 77.2 cm³/mol. The van der Waals surface area contributed by atoms with Gasteiger partial charge in [0.1, 0.15) is 6.54 Å². The number of aryl methyl sites for hydroxylation is 1. The highest BCUT2D eigenvalue weighted by atomic mass is 19.2. The summed E-state index contributed by atoms with van der Waals surface area (Å²) in [6.45, 7) is -0.0414. The van der Waals surface area contributed by atoms with E-state index in [2.05, 4.69) is 20.6 Å². The Morgan fingerprint density at radius 3 is 2.74 bits per heavy atom. The first-order chi connectivity index (χ1) is 11.0. The maximum Gasteiger partial charge on any atom is 0.247 e. The van der Waals surface area contributed by atoms with E-state index in [1.807, 2.05) is 0 Å². The molecule has 1 aromatic carbocycles. The number of amides is 1. The number of carbonyl (C=O) groups excluding carboxylic acids is 1. The van der Waals surface area contributed by atoms with Crippen molar-refractivity contribution in [1.29, 1.82) is 0 Å². The molecule has 0 fully saturated rings. The fraction of sp³-hybridized carbons (Fsp3) is 0.143. The van der Waals surface area contributed by atoms with Crippen LogP contribution in [0.4, 0.5) is 14.6 Å². The lowest BCUT2D eigenvalue weighted by molar-refractivity contribution is -0.116. The van der Waals surface area contributed by atoms with E-state index in [0.29, 0.717) is 17.1 Å². The van der Waals surface area contributed by atoms with Crippen LogP contribution in [0.2, 0.25) is 0 Å². The van der Waals surface area contributed by atoms with Gasteiger partial charge >= 0.3 is 0 Å². The lowest BCUT2D eigenvalue weighted by Crippen LogP contribution is -2.19. The average Bonchev–Trinajstić information content (AvgIpc) is 3.11. The zero-order chi connectivity index (χ0) is 16.4. The van der Waals surface area contributed by atoms with Gasteiger partial charge in [0.15, 0.2) is 17.5 Å². The number of carbonyl (C=O) groups is 1. The molecule has 0 spiro atoms. The Balaban J connectivity index is 1.69. The van der Waals surface area contributed by atoms with Crippen molar-refractivity contribution in [3.63, 3.8) is 0 Å². The van der Waals surface area contributed by atoms with Gasteiger partial charge in [0.25, 0.3) is 0 Å². The molecule has 0 aliphatic carbocycles. The topological polar surface area (TPSA) is 77.6 Å². The first-order valence-corrected chi connectivity index (χ1v) is 6.66. The zero-order valence-corrected chi connectivity index (χ0v) is 12.1. The summed E-state index contributed by atoms with van der Waals surface area (Å²) in [5, 5.41) is 14.5. The quantitative estimate of drug-likeness (QED) is 0.792. The second-order valence-electron chi connectivity index (χ2n) is 4.79. The minimum absolute atomic E-state index is 0.0414. The number of hydrogen-bond acceptors (Lipinski definition) is 4. The van der Waals surface area contributed by atoms with Crippen molar-refractivity contribution in [3.05, 3.63) is 48.3 Å². The summed E-state index contributed by atoms with van der Waals surface area (Å²) in [4.78, 5) is 13.2. The number of anilines is 1. The lowest BCUT2D eigenvalue weighted by atomic mass is 10.1. The number of nitrogens with one attached hydrogen (secondary N) is 1. The van der Waals surface area contributed by atoms with E-state index in [1.54, 1.807) is 19.3 Å². The summed E-state index contributed by atoms with van der Waals surface area (Å²) in [6.07, 6.45) is 3.00. The molecule has 3 rings (SSSR count). The van der Waals surface area contributed by atoms with Gasteiger partial charge in [-0.15, -0.1) is 5.10 Å². The van der Waals surface area contributed by atoms with Gasteiger partial charge < -0.3 is 5.32 Å². The average molecular weight is 318 g/mol. The maximum absolute atomic E-state index is 13.2. The van der Waals surface area contributed by atoms with Crippen LogP contribution in [0.15, 0.2) is 36.7 Å². The molecule has 2 heterocycles. The highest BCUT2D eigenvalue weighted by Crippen LogP contribution is 2.19. The van der Waals surface area contributed by atoms with Crippen molar-refractivity contribution >= 4 is 11.7 Å². The third kappa shape index (κ3) is 3.39. The van der Waals surface area contributed by atoms with Crippen LogP contribution in [0.1, 0.15) is 0 Å². The molecule has 0 bridgehead atoms. The van der Waals surface area contributed by atoms with Crippen molar-refractivity contribution < 1.29 is 13.6 Å². The van der Waals surface area contributed by atoms with Gasteiger partial charge in [0.2, 0.25) is 5.91 Å². The van der Waals surface area contributed by atoms with Crippen LogP contribution in [0.5, 0.6) is 0 Å². The third-order valence-corrected chi connectivity index (χ3v) is 3.03. The Bertz CT molecular complexity index is 857. The summed E-state index contributed by atoms with van der Waals surface area (Å²) < 4.78 is 27.6. The Morgan fingerprint density at radius 2 is 2.04 bits per heavy atom. The van der Waals surface area contributed by atoms with Crippen molar-refractivity contribution in [2.24, 2.45) is 7.05 Å². The van der Waals surface area contributed by atoms with Crippen LogP contribution < -0.4 is 5.32 Å². The van der Waals surface area contributed by atoms with Gasteiger partial charge in [0.05, 0.1) is 11.9 Å². The number of aromatic nitrogens is 5. The molecule has 2 aromatic heterocycles. The molecule has 7 nitrogen and oxygen atoms in total. The fourth-order valence-corrected chi connectivity index (χ4v) is 1.99. The Morgan fingerprint density at radius 1 is 1.22 bits per heavy atom. The number of halogens is 2. The molecule has 0 aliphatic rings. The Hall–Kier alpha value is -3.10. The third-order valence-electron chi connectivity index (χ3n) is 3.03. The second kappa shape index (κ2) is 5.95. The normalized spacial score (nSPS) is 10.7. The summed E-state index contributed by atoms with van der Waals surface area (Å²) in [7, 11) is 1.64. The summed E-state index contributed by atoms with van der Waals surface area (Å²) in [5.74, 6) is -1.86. The minimum Gasteiger partial charge on any atom is -0.306 e. The molecule has 118 valence electrons. The summed E-state index contributed by atoms with van der Waals surface area (Å²) in [6, 6.07) is 5.12. The van der Waals surface area contributed by atoms with Crippen LogP contribution in [0.25, 0.3) is 11.3 Å². The molecule has 0 saturated heterocycles.